The van der Waals surface area contributed by atoms with Crippen LogP contribution in [0.15, 0.2) is 48.5 Å². The molecule has 0 saturated carbocycles. The second kappa shape index (κ2) is 7.40. The van der Waals surface area contributed by atoms with Crippen molar-refractivity contribution in [2.75, 3.05) is 21.9 Å². The van der Waals surface area contributed by atoms with Gasteiger partial charge in [-0.25, -0.2) is 8.42 Å². The first kappa shape index (κ1) is 19.5. The van der Waals surface area contributed by atoms with Gasteiger partial charge in [0.15, 0.2) is 5.60 Å². The molecule has 1 aliphatic rings. The first-order chi connectivity index (χ1) is 12.7. The number of carbonyl (C=O) groups excluding carboxylic acids is 1. The number of carbonyl (C=O) groups is 1. The molecule has 1 N–H and O–H groups in total. The van der Waals surface area contributed by atoms with Crippen LogP contribution in [-0.2, 0) is 14.8 Å². The Kier molecular flexibility index (Phi) is 5.35. The standard InChI is InChI=1S/C19H21ClN2O4S/c1-19(2,26-17-10-4-14(20)5-11-17)18(23)21-15-6-8-16(9-7-15)22-12-3-13-27(22,24)25/h4-11H,3,12-13H2,1-2H3,(H,21,23). The number of halogens is 1. The van der Waals surface area contributed by atoms with Crippen LogP contribution in [0.25, 0.3) is 0 Å². The molecule has 0 atom stereocenters. The van der Waals surface area contributed by atoms with Gasteiger partial charge in [0.25, 0.3) is 5.91 Å². The summed E-state index contributed by atoms with van der Waals surface area (Å²) in [5, 5.41) is 3.38. The quantitative estimate of drug-likeness (QED) is 0.818. The maximum atomic E-state index is 12.6. The second-order valence-electron chi connectivity index (χ2n) is 6.81. The van der Waals surface area contributed by atoms with Crippen LogP contribution in [0.1, 0.15) is 20.3 Å². The molecule has 0 aliphatic carbocycles. The molecule has 1 fully saturated rings. The molecule has 1 heterocycles. The third-order valence-corrected chi connectivity index (χ3v) is 6.37. The minimum atomic E-state index is -3.22. The maximum Gasteiger partial charge on any atom is 0.267 e. The Hall–Kier alpha value is -2.25. The number of benzene rings is 2. The van der Waals surface area contributed by atoms with Gasteiger partial charge in [-0.2, -0.15) is 0 Å². The number of rotatable bonds is 5. The molecule has 1 saturated heterocycles. The summed E-state index contributed by atoms with van der Waals surface area (Å²) in [4.78, 5) is 12.6. The van der Waals surface area contributed by atoms with Crippen molar-refractivity contribution >= 4 is 38.9 Å². The number of sulfonamides is 1. The van der Waals surface area contributed by atoms with Crippen LogP contribution in [0.3, 0.4) is 0 Å². The number of anilines is 2. The predicted octanol–water partition coefficient (Wildman–Crippen LogP) is 3.68. The normalized spacial score (nSPS) is 16.2. The molecule has 0 spiro atoms. The number of ether oxygens (including phenoxy) is 1. The van der Waals surface area contributed by atoms with Crippen molar-refractivity contribution < 1.29 is 17.9 Å². The fourth-order valence-corrected chi connectivity index (χ4v) is 4.46. The SMILES string of the molecule is CC(C)(Oc1ccc(Cl)cc1)C(=O)Nc1ccc(N2CCCS2(=O)=O)cc1. The highest BCUT2D eigenvalue weighted by Crippen LogP contribution is 2.26. The molecule has 1 amide bonds. The third-order valence-electron chi connectivity index (χ3n) is 4.25. The zero-order chi connectivity index (χ0) is 19.7. The molecule has 8 heteroatoms. The first-order valence-electron chi connectivity index (χ1n) is 8.54. The van der Waals surface area contributed by atoms with E-state index in [1.54, 1.807) is 62.4 Å². The largest absolute Gasteiger partial charge is 0.478 e. The first-order valence-corrected chi connectivity index (χ1v) is 10.5. The minimum Gasteiger partial charge on any atom is -0.478 e. The van der Waals surface area contributed by atoms with Crippen molar-refractivity contribution in [3.8, 4) is 5.75 Å². The molecule has 27 heavy (non-hydrogen) atoms. The van der Waals surface area contributed by atoms with E-state index in [0.29, 0.717) is 35.1 Å². The van der Waals surface area contributed by atoms with E-state index in [1.807, 2.05) is 0 Å². The molecule has 0 radical (unpaired) electrons. The molecule has 6 nitrogen and oxygen atoms in total. The molecule has 2 aromatic carbocycles. The van der Waals surface area contributed by atoms with E-state index >= 15 is 0 Å². The number of hydrogen-bond donors (Lipinski definition) is 1. The Morgan fingerprint density at radius 3 is 2.30 bits per heavy atom. The van der Waals surface area contributed by atoms with Gasteiger partial charge in [0.1, 0.15) is 5.75 Å². The van der Waals surface area contributed by atoms with Gasteiger partial charge >= 0.3 is 0 Å². The monoisotopic (exact) mass is 408 g/mol. The van der Waals surface area contributed by atoms with Crippen LogP contribution in [0, 0.1) is 0 Å². The van der Waals surface area contributed by atoms with Crippen molar-refractivity contribution in [2.45, 2.75) is 25.9 Å². The highest BCUT2D eigenvalue weighted by Gasteiger charge is 2.31. The van der Waals surface area contributed by atoms with Gasteiger partial charge in [0, 0.05) is 17.3 Å². The van der Waals surface area contributed by atoms with E-state index in [1.165, 1.54) is 4.31 Å². The highest BCUT2D eigenvalue weighted by molar-refractivity contribution is 7.93. The molecule has 0 bridgehead atoms. The van der Waals surface area contributed by atoms with E-state index < -0.39 is 15.6 Å². The average Bonchev–Trinajstić information content (AvgIpc) is 2.96. The number of amides is 1. The Balaban J connectivity index is 1.67. The highest BCUT2D eigenvalue weighted by atomic mass is 35.5. The van der Waals surface area contributed by atoms with Gasteiger partial charge in [-0.1, -0.05) is 11.6 Å². The molecule has 2 aromatic rings. The van der Waals surface area contributed by atoms with E-state index in [0.717, 1.165) is 0 Å². The molecular formula is C19H21ClN2O4S. The van der Waals surface area contributed by atoms with Gasteiger partial charge in [-0.05, 0) is 68.8 Å². The van der Waals surface area contributed by atoms with Crippen LogP contribution < -0.4 is 14.4 Å². The summed E-state index contributed by atoms with van der Waals surface area (Å²) in [6, 6.07) is 13.5. The molecule has 144 valence electrons. The van der Waals surface area contributed by atoms with Crippen molar-refractivity contribution in [3.63, 3.8) is 0 Å². The smallest absolute Gasteiger partial charge is 0.267 e. The van der Waals surface area contributed by atoms with Gasteiger partial charge in [-0.15, -0.1) is 0 Å². The zero-order valence-electron chi connectivity index (χ0n) is 15.1. The van der Waals surface area contributed by atoms with E-state index in [9.17, 15) is 13.2 Å². The summed E-state index contributed by atoms with van der Waals surface area (Å²) >= 11 is 5.85. The summed E-state index contributed by atoms with van der Waals surface area (Å²) in [5.41, 5.74) is 0.0560. The Bertz CT molecular complexity index is 925. The molecule has 0 unspecified atom stereocenters. The Morgan fingerprint density at radius 1 is 1.11 bits per heavy atom. The van der Waals surface area contributed by atoms with Gasteiger partial charge in [0.05, 0.1) is 11.4 Å². The predicted molar refractivity (Wildman–Crippen MR) is 107 cm³/mol. The van der Waals surface area contributed by atoms with Crippen molar-refractivity contribution in [2.24, 2.45) is 0 Å². The van der Waals surface area contributed by atoms with Crippen LogP contribution in [0.5, 0.6) is 5.75 Å². The topological polar surface area (TPSA) is 75.7 Å². The number of nitrogens with zero attached hydrogens (tertiary/aromatic N) is 1. The summed E-state index contributed by atoms with van der Waals surface area (Å²) in [5.74, 6) is 0.384. The third kappa shape index (κ3) is 4.54. The summed E-state index contributed by atoms with van der Waals surface area (Å²) in [6.45, 7) is 3.82. The lowest BCUT2D eigenvalue weighted by Crippen LogP contribution is -2.42. The maximum absolute atomic E-state index is 12.6. The number of hydrogen-bond acceptors (Lipinski definition) is 4. The minimum absolute atomic E-state index is 0.168. The fraction of sp³-hybridized carbons (Fsp3) is 0.316. The van der Waals surface area contributed by atoms with Crippen LogP contribution in [-0.4, -0.2) is 32.2 Å². The van der Waals surface area contributed by atoms with Crippen LogP contribution >= 0.6 is 11.6 Å². The Morgan fingerprint density at radius 2 is 1.74 bits per heavy atom. The van der Waals surface area contributed by atoms with Gasteiger partial charge < -0.3 is 10.1 Å². The van der Waals surface area contributed by atoms with Crippen molar-refractivity contribution in [1.82, 2.24) is 0 Å². The number of nitrogens with one attached hydrogen (secondary N) is 1. The summed E-state index contributed by atoms with van der Waals surface area (Å²) in [7, 11) is -3.22. The van der Waals surface area contributed by atoms with Crippen LogP contribution in [0.4, 0.5) is 11.4 Å². The molecule has 0 aromatic heterocycles. The van der Waals surface area contributed by atoms with Crippen LogP contribution in [0.2, 0.25) is 5.02 Å². The summed E-state index contributed by atoms with van der Waals surface area (Å²) in [6.07, 6.45) is 0.622. The zero-order valence-corrected chi connectivity index (χ0v) is 16.7. The lowest BCUT2D eigenvalue weighted by atomic mass is 10.1. The van der Waals surface area contributed by atoms with Gasteiger partial charge in [-0.3, -0.25) is 9.10 Å². The molecular weight excluding hydrogens is 388 g/mol. The van der Waals surface area contributed by atoms with Gasteiger partial charge in [0.2, 0.25) is 10.0 Å². The fourth-order valence-electron chi connectivity index (χ4n) is 2.77. The average molecular weight is 409 g/mol. The summed E-state index contributed by atoms with van der Waals surface area (Å²) < 4.78 is 31.1. The van der Waals surface area contributed by atoms with E-state index in [4.69, 9.17) is 16.3 Å². The molecule has 1 aliphatic heterocycles. The van der Waals surface area contributed by atoms with E-state index in [-0.39, 0.29) is 11.7 Å². The lowest BCUT2D eigenvalue weighted by molar-refractivity contribution is -0.128. The van der Waals surface area contributed by atoms with Crippen molar-refractivity contribution in [3.05, 3.63) is 53.6 Å². The lowest BCUT2D eigenvalue weighted by Gasteiger charge is -2.25. The Labute approximate surface area is 164 Å². The molecule has 3 rings (SSSR count). The van der Waals surface area contributed by atoms with E-state index in [2.05, 4.69) is 5.32 Å². The van der Waals surface area contributed by atoms with Crippen molar-refractivity contribution in [1.29, 1.82) is 0 Å². The second-order valence-corrected chi connectivity index (χ2v) is 9.26.